The summed E-state index contributed by atoms with van der Waals surface area (Å²) in [6.45, 7) is 0. The first-order valence-corrected chi connectivity index (χ1v) is 5.85. The molecule has 0 spiro atoms. The number of hydrogen-bond donors (Lipinski definition) is 2. The summed E-state index contributed by atoms with van der Waals surface area (Å²) in [6.07, 6.45) is 0. The van der Waals surface area contributed by atoms with Gasteiger partial charge in [-0.2, -0.15) is 0 Å². The monoisotopic (exact) mass is 300 g/mol. The molecule has 0 saturated carbocycles. The molecule has 0 aliphatic heterocycles. The molecule has 0 unspecified atom stereocenters. The Balaban J connectivity index is 2.30. The van der Waals surface area contributed by atoms with Gasteiger partial charge in [0.15, 0.2) is 5.69 Å². The standard InChI is InChI=1S/C12H7Cl2FN2O2/c13-7-2-1-6(5-9(7)15)16-10-4-3-8(14)11(17-10)12(18)19/h1-5H,(H,16,17)(H,18,19). The average Bonchev–Trinajstić information content (AvgIpc) is 2.36. The fraction of sp³-hybridized carbons (Fsp3) is 0. The van der Waals surface area contributed by atoms with Gasteiger partial charge in [0, 0.05) is 5.69 Å². The van der Waals surface area contributed by atoms with E-state index in [0.717, 1.165) is 0 Å². The Kier molecular flexibility index (Phi) is 3.87. The minimum Gasteiger partial charge on any atom is -0.476 e. The summed E-state index contributed by atoms with van der Waals surface area (Å²) in [4.78, 5) is 14.7. The third-order valence-electron chi connectivity index (χ3n) is 2.24. The van der Waals surface area contributed by atoms with Crippen molar-refractivity contribution in [3.63, 3.8) is 0 Å². The van der Waals surface area contributed by atoms with Crippen LogP contribution in [0, 0.1) is 5.82 Å². The van der Waals surface area contributed by atoms with Crippen LogP contribution in [-0.4, -0.2) is 16.1 Å². The Morgan fingerprint density at radius 1 is 1.21 bits per heavy atom. The van der Waals surface area contributed by atoms with E-state index in [2.05, 4.69) is 10.3 Å². The maximum atomic E-state index is 13.2. The molecule has 0 amide bonds. The third kappa shape index (κ3) is 3.13. The molecule has 2 N–H and O–H groups in total. The Labute approximate surface area is 117 Å². The van der Waals surface area contributed by atoms with Crippen LogP contribution in [-0.2, 0) is 0 Å². The number of rotatable bonds is 3. The van der Waals surface area contributed by atoms with E-state index in [9.17, 15) is 9.18 Å². The number of aromatic nitrogens is 1. The first kappa shape index (κ1) is 13.6. The molecule has 7 heteroatoms. The first-order valence-electron chi connectivity index (χ1n) is 5.09. The van der Waals surface area contributed by atoms with Gasteiger partial charge in [-0.25, -0.2) is 14.2 Å². The van der Waals surface area contributed by atoms with Gasteiger partial charge in [-0.1, -0.05) is 23.2 Å². The van der Waals surface area contributed by atoms with E-state index in [1.165, 1.54) is 24.3 Å². The summed E-state index contributed by atoms with van der Waals surface area (Å²) in [7, 11) is 0. The first-order chi connectivity index (χ1) is 8.97. The summed E-state index contributed by atoms with van der Waals surface area (Å²) < 4.78 is 13.2. The van der Waals surface area contributed by atoms with E-state index >= 15 is 0 Å². The summed E-state index contributed by atoms with van der Waals surface area (Å²) in [6, 6.07) is 6.99. The maximum absolute atomic E-state index is 13.2. The Morgan fingerprint density at radius 3 is 2.53 bits per heavy atom. The van der Waals surface area contributed by atoms with Crippen molar-refractivity contribution in [1.82, 2.24) is 4.98 Å². The van der Waals surface area contributed by atoms with E-state index in [1.807, 2.05) is 0 Å². The van der Waals surface area contributed by atoms with Crippen LogP contribution in [0.1, 0.15) is 10.5 Å². The molecule has 1 heterocycles. The van der Waals surface area contributed by atoms with Gasteiger partial charge in [0.1, 0.15) is 11.6 Å². The molecular weight excluding hydrogens is 294 g/mol. The van der Waals surface area contributed by atoms with Gasteiger partial charge >= 0.3 is 5.97 Å². The van der Waals surface area contributed by atoms with Crippen molar-refractivity contribution < 1.29 is 14.3 Å². The van der Waals surface area contributed by atoms with E-state index in [4.69, 9.17) is 28.3 Å². The molecule has 98 valence electrons. The van der Waals surface area contributed by atoms with Crippen LogP contribution in [0.5, 0.6) is 0 Å². The maximum Gasteiger partial charge on any atom is 0.356 e. The summed E-state index contributed by atoms with van der Waals surface area (Å²) >= 11 is 11.2. The summed E-state index contributed by atoms with van der Waals surface area (Å²) in [5.41, 5.74) is 0.120. The van der Waals surface area contributed by atoms with Crippen LogP contribution >= 0.6 is 23.2 Å². The average molecular weight is 301 g/mol. The lowest BCUT2D eigenvalue weighted by Gasteiger charge is -2.07. The molecule has 0 bridgehead atoms. The van der Waals surface area contributed by atoms with Crippen LogP contribution in [0.25, 0.3) is 0 Å². The Hall–Kier alpha value is -1.85. The number of halogens is 3. The van der Waals surface area contributed by atoms with E-state index in [-0.39, 0.29) is 21.6 Å². The number of pyridine rings is 1. The van der Waals surface area contributed by atoms with Gasteiger partial charge in [-0.15, -0.1) is 0 Å². The Morgan fingerprint density at radius 2 is 1.89 bits per heavy atom. The lowest BCUT2D eigenvalue weighted by Crippen LogP contribution is -2.04. The van der Waals surface area contributed by atoms with Crippen LogP contribution in [0.4, 0.5) is 15.9 Å². The zero-order valence-electron chi connectivity index (χ0n) is 9.32. The second-order valence-electron chi connectivity index (χ2n) is 3.59. The summed E-state index contributed by atoms with van der Waals surface area (Å²) in [5, 5.41) is 11.7. The molecule has 1 aromatic heterocycles. The van der Waals surface area contributed by atoms with Crippen molar-refractivity contribution in [1.29, 1.82) is 0 Å². The largest absolute Gasteiger partial charge is 0.476 e. The van der Waals surface area contributed by atoms with E-state index in [1.54, 1.807) is 6.07 Å². The number of hydrogen-bond acceptors (Lipinski definition) is 3. The topological polar surface area (TPSA) is 62.2 Å². The highest BCUT2D eigenvalue weighted by Gasteiger charge is 2.11. The van der Waals surface area contributed by atoms with Crippen LogP contribution < -0.4 is 5.32 Å². The van der Waals surface area contributed by atoms with Gasteiger partial charge in [-0.05, 0) is 30.3 Å². The van der Waals surface area contributed by atoms with Crippen molar-refractivity contribution in [3.05, 3.63) is 51.9 Å². The highest BCUT2D eigenvalue weighted by atomic mass is 35.5. The zero-order chi connectivity index (χ0) is 14.0. The second kappa shape index (κ2) is 5.42. The molecule has 0 saturated heterocycles. The molecule has 2 aromatic rings. The number of carboxylic acids is 1. The predicted molar refractivity (Wildman–Crippen MR) is 70.9 cm³/mol. The SMILES string of the molecule is O=C(O)c1nc(Nc2ccc(Cl)c(F)c2)ccc1Cl. The van der Waals surface area contributed by atoms with Gasteiger partial charge in [0.25, 0.3) is 0 Å². The highest BCUT2D eigenvalue weighted by molar-refractivity contribution is 6.33. The van der Waals surface area contributed by atoms with Crippen molar-refractivity contribution in [2.75, 3.05) is 5.32 Å². The van der Waals surface area contributed by atoms with Crippen molar-refractivity contribution in [2.45, 2.75) is 0 Å². The van der Waals surface area contributed by atoms with Gasteiger partial charge < -0.3 is 10.4 Å². The number of nitrogens with zero attached hydrogens (tertiary/aromatic N) is 1. The number of carboxylic acid groups (broad SMARTS) is 1. The van der Waals surface area contributed by atoms with Crippen LogP contribution in [0.2, 0.25) is 10.0 Å². The number of aromatic carboxylic acids is 1. The molecule has 0 radical (unpaired) electrons. The van der Waals surface area contributed by atoms with E-state index < -0.39 is 11.8 Å². The zero-order valence-corrected chi connectivity index (χ0v) is 10.8. The molecule has 0 aliphatic carbocycles. The van der Waals surface area contributed by atoms with Crippen molar-refractivity contribution >= 4 is 40.7 Å². The minimum absolute atomic E-state index is 0.000778. The predicted octanol–water partition coefficient (Wildman–Crippen LogP) is 3.97. The minimum atomic E-state index is -1.24. The van der Waals surface area contributed by atoms with Gasteiger partial charge in [0.05, 0.1) is 10.0 Å². The number of carbonyl (C=O) groups is 1. The fourth-order valence-electron chi connectivity index (χ4n) is 1.38. The lowest BCUT2D eigenvalue weighted by molar-refractivity contribution is 0.0691. The molecular formula is C12H7Cl2FN2O2. The van der Waals surface area contributed by atoms with Crippen molar-refractivity contribution in [3.8, 4) is 0 Å². The van der Waals surface area contributed by atoms with Crippen LogP contribution in [0.15, 0.2) is 30.3 Å². The number of benzene rings is 1. The van der Waals surface area contributed by atoms with Gasteiger partial charge in [0.2, 0.25) is 0 Å². The van der Waals surface area contributed by atoms with E-state index in [0.29, 0.717) is 5.69 Å². The molecule has 0 fully saturated rings. The van der Waals surface area contributed by atoms with Crippen LogP contribution in [0.3, 0.4) is 0 Å². The lowest BCUT2D eigenvalue weighted by atomic mass is 10.3. The molecule has 0 aliphatic rings. The molecule has 2 rings (SSSR count). The second-order valence-corrected chi connectivity index (χ2v) is 4.40. The Bertz CT molecular complexity index is 650. The normalized spacial score (nSPS) is 10.3. The molecule has 19 heavy (non-hydrogen) atoms. The van der Waals surface area contributed by atoms with Gasteiger partial charge in [-0.3, -0.25) is 0 Å². The molecule has 0 atom stereocenters. The number of anilines is 2. The number of nitrogens with one attached hydrogen (secondary N) is 1. The fourth-order valence-corrected chi connectivity index (χ4v) is 1.69. The summed E-state index contributed by atoms with van der Waals surface area (Å²) in [5.74, 6) is -1.58. The highest BCUT2D eigenvalue weighted by Crippen LogP contribution is 2.23. The third-order valence-corrected chi connectivity index (χ3v) is 2.85. The van der Waals surface area contributed by atoms with Crippen molar-refractivity contribution in [2.24, 2.45) is 0 Å². The quantitative estimate of drug-likeness (QED) is 0.900. The molecule has 1 aromatic carbocycles. The molecule has 4 nitrogen and oxygen atoms in total. The smallest absolute Gasteiger partial charge is 0.356 e.